The molecule has 1 aliphatic rings. The van der Waals surface area contributed by atoms with Gasteiger partial charge in [-0.15, -0.1) is 0 Å². The van der Waals surface area contributed by atoms with Crippen LogP contribution in [0.15, 0.2) is 95.1 Å². The molecule has 1 aliphatic heterocycles. The molecule has 2 amide bonds. The molecule has 0 saturated carbocycles. The Hall–Kier alpha value is -3.84. The highest BCUT2D eigenvalue weighted by molar-refractivity contribution is 8.14. The number of benzene rings is 3. The van der Waals surface area contributed by atoms with Crippen LogP contribution in [0.4, 0.5) is 11.4 Å². The topological polar surface area (TPSA) is 82.6 Å². The van der Waals surface area contributed by atoms with Crippen molar-refractivity contribution in [2.45, 2.75) is 26.8 Å². The maximum absolute atomic E-state index is 13.2. The first-order chi connectivity index (χ1) is 16.9. The second kappa shape index (κ2) is 11.1. The second-order valence-electron chi connectivity index (χ2n) is 8.37. The summed E-state index contributed by atoms with van der Waals surface area (Å²) < 4.78 is 0. The van der Waals surface area contributed by atoms with E-state index in [1.165, 1.54) is 17.3 Å². The van der Waals surface area contributed by atoms with Crippen LogP contribution in [0.3, 0.4) is 0 Å². The van der Waals surface area contributed by atoms with E-state index in [1.54, 1.807) is 0 Å². The van der Waals surface area contributed by atoms with Crippen LogP contribution in [-0.2, 0) is 9.59 Å². The van der Waals surface area contributed by atoms with E-state index in [0.29, 0.717) is 16.4 Å². The van der Waals surface area contributed by atoms with Crippen molar-refractivity contribution < 1.29 is 9.59 Å². The smallest absolute Gasteiger partial charge is 0.255 e. The summed E-state index contributed by atoms with van der Waals surface area (Å²) in [7, 11) is 0. The van der Waals surface area contributed by atoms with Crippen molar-refractivity contribution in [1.82, 2.24) is 5.32 Å². The average Bonchev–Trinajstić information content (AvgIpc) is 2.85. The number of aryl methyl sites for hydroxylation is 2. The molecule has 7 heteroatoms. The van der Waals surface area contributed by atoms with E-state index in [0.717, 1.165) is 22.5 Å². The SMILES string of the molecule is CC1=C(C(=O)Nc2ccccc2)[C@H](c2ccccc2)N=C(SCC(=O)Nc2ccc(C)c(C)c2)N1. The minimum atomic E-state index is -0.480. The molecule has 3 N–H and O–H groups in total. The molecular formula is C28H28N4O2S. The number of hydrogen-bond acceptors (Lipinski definition) is 5. The minimum Gasteiger partial charge on any atom is -0.338 e. The molecule has 6 nitrogen and oxygen atoms in total. The summed E-state index contributed by atoms with van der Waals surface area (Å²) in [5.41, 5.74) is 5.96. The predicted molar refractivity (Wildman–Crippen MR) is 145 cm³/mol. The largest absolute Gasteiger partial charge is 0.338 e. The summed E-state index contributed by atoms with van der Waals surface area (Å²) in [6.07, 6.45) is 0. The number of aliphatic imine (C=N–C) groups is 1. The summed E-state index contributed by atoms with van der Waals surface area (Å²) in [5, 5.41) is 9.73. The van der Waals surface area contributed by atoms with Crippen LogP contribution in [0.1, 0.15) is 29.7 Å². The van der Waals surface area contributed by atoms with Gasteiger partial charge in [-0.2, -0.15) is 0 Å². The fourth-order valence-corrected chi connectivity index (χ4v) is 4.51. The lowest BCUT2D eigenvalue weighted by atomic mass is 9.96. The molecule has 1 heterocycles. The van der Waals surface area contributed by atoms with Gasteiger partial charge in [-0.3, -0.25) is 9.59 Å². The lowest BCUT2D eigenvalue weighted by molar-refractivity contribution is -0.114. The van der Waals surface area contributed by atoms with Gasteiger partial charge in [-0.05, 0) is 61.7 Å². The highest BCUT2D eigenvalue weighted by Crippen LogP contribution is 2.33. The quantitative estimate of drug-likeness (QED) is 0.426. The van der Waals surface area contributed by atoms with Crippen LogP contribution in [0, 0.1) is 13.8 Å². The predicted octanol–water partition coefficient (Wildman–Crippen LogP) is 5.59. The number of nitrogens with zero attached hydrogens (tertiary/aromatic N) is 1. The Kier molecular flexibility index (Phi) is 7.67. The van der Waals surface area contributed by atoms with Crippen LogP contribution < -0.4 is 16.0 Å². The van der Waals surface area contributed by atoms with Gasteiger partial charge >= 0.3 is 0 Å². The molecule has 0 aliphatic carbocycles. The Labute approximate surface area is 209 Å². The number of carbonyl (C=O) groups excluding carboxylic acids is 2. The summed E-state index contributed by atoms with van der Waals surface area (Å²) >= 11 is 1.31. The third-order valence-electron chi connectivity index (χ3n) is 5.74. The Morgan fingerprint density at radius 3 is 2.23 bits per heavy atom. The highest BCUT2D eigenvalue weighted by Gasteiger charge is 2.29. The normalized spacial score (nSPS) is 15.2. The zero-order valence-corrected chi connectivity index (χ0v) is 20.8. The standard InChI is InChI=1S/C28H28N4O2S/c1-18-14-15-23(16-19(18)2)30-24(33)17-35-28-29-20(3)25(26(32-28)21-10-6-4-7-11-21)27(34)31-22-12-8-5-9-13-22/h4-16,26H,17H2,1-3H3,(H,29,32)(H,30,33)(H,31,34)/t26-/m0/s1. The zero-order valence-electron chi connectivity index (χ0n) is 20.0. The van der Waals surface area contributed by atoms with E-state index in [2.05, 4.69) is 16.0 Å². The first kappa shape index (κ1) is 24.3. The van der Waals surface area contributed by atoms with E-state index in [9.17, 15) is 9.59 Å². The number of thioether (sulfide) groups is 1. The molecule has 0 aromatic heterocycles. The third kappa shape index (κ3) is 6.19. The number of allylic oxidation sites excluding steroid dienone is 1. The summed E-state index contributed by atoms with van der Waals surface area (Å²) in [6.45, 7) is 5.92. The molecule has 178 valence electrons. The molecule has 35 heavy (non-hydrogen) atoms. The molecule has 4 rings (SSSR count). The van der Waals surface area contributed by atoms with Gasteiger partial charge in [0, 0.05) is 17.1 Å². The van der Waals surface area contributed by atoms with E-state index in [-0.39, 0.29) is 17.6 Å². The van der Waals surface area contributed by atoms with Crippen LogP contribution in [0.2, 0.25) is 0 Å². The van der Waals surface area contributed by atoms with E-state index < -0.39 is 6.04 Å². The average molecular weight is 485 g/mol. The highest BCUT2D eigenvalue weighted by atomic mass is 32.2. The number of rotatable bonds is 6. The van der Waals surface area contributed by atoms with Crippen molar-refractivity contribution in [1.29, 1.82) is 0 Å². The molecule has 1 atom stereocenters. The van der Waals surface area contributed by atoms with E-state index >= 15 is 0 Å². The summed E-state index contributed by atoms with van der Waals surface area (Å²) in [4.78, 5) is 30.6. The van der Waals surface area contributed by atoms with Crippen molar-refractivity contribution in [3.05, 3.63) is 107 Å². The third-order valence-corrected chi connectivity index (χ3v) is 6.63. The Bertz CT molecular complexity index is 1290. The number of para-hydroxylation sites is 1. The van der Waals surface area contributed by atoms with Gasteiger partial charge in [-0.25, -0.2) is 4.99 Å². The maximum atomic E-state index is 13.2. The number of anilines is 2. The Balaban J connectivity index is 1.49. The minimum absolute atomic E-state index is 0.117. The van der Waals surface area contributed by atoms with Crippen molar-refractivity contribution >= 4 is 40.1 Å². The van der Waals surface area contributed by atoms with Crippen LogP contribution in [-0.4, -0.2) is 22.7 Å². The van der Waals surface area contributed by atoms with E-state index in [1.807, 2.05) is 99.6 Å². The molecule has 0 radical (unpaired) electrons. The van der Waals surface area contributed by atoms with Gasteiger partial charge < -0.3 is 16.0 Å². The number of amidine groups is 1. The van der Waals surface area contributed by atoms with Gasteiger partial charge in [0.2, 0.25) is 5.91 Å². The van der Waals surface area contributed by atoms with Crippen LogP contribution in [0.5, 0.6) is 0 Å². The van der Waals surface area contributed by atoms with Crippen molar-refractivity contribution in [2.75, 3.05) is 16.4 Å². The van der Waals surface area contributed by atoms with Crippen LogP contribution >= 0.6 is 11.8 Å². The van der Waals surface area contributed by atoms with Gasteiger partial charge in [0.1, 0.15) is 6.04 Å². The lowest BCUT2D eigenvalue weighted by Crippen LogP contribution is -2.32. The van der Waals surface area contributed by atoms with Crippen molar-refractivity contribution in [2.24, 2.45) is 4.99 Å². The van der Waals surface area contributed by atoms with Gasteiger partial charge in [0.25, 0.3) is 5.91 Å². The maximum Gasteiger partial charge on any atom is 0.255 e. The molecule has 3 aromatic carbocycles. The Morgan fingerprint density at radius 1 is 0.857 bits per heavy atom. The lowest BCUT2D eigenvalue weighted by Gasteiger charge is -2.26. The zero-order chi connectivity index (χ0) is 24.8. The van der Waals surface area contributed by atoms with E-state index in [4.69, 9.17) is 4.99 Å². The van der Waals surface area contributed by atoms with Crippen molar-refractivity contribution in [3.8, 4) is 0 Å². The van der Waals surface area contributed by atoms with Crippen molar-refractivity contribution in [3.63, 3.8) is 0 Å². The number of amides is 2. The monoisotopic (exact) mass is 484 g/mol. The second-order valence-corrected chi connectivity index (χ2v) is 9.33. The number of carbonyl (C=O) groups is 2. The fourth-order valence-electron chi connectivity index (χ4n) is 3.76. The first-order valence-electron chi connectivity index (χ1n) is 11.4. The molecular weight excluding hydrogens is 456 g/mol. The molecule has 0 spiro atoms. The molecule has 0 saturated heterocycles. The molecule has 0 bridgehead atoms. The molecule has 3 aromatic rings. The number of nitrogens with one attached hydrogen (secondary N) is 3. The molecule has 0 fully saturated rings. The first-order valence-corrected chi connectivity index (χ1v) is 12.4. The fraction of sp³-hybridized carbons (Fsp3) is 0.179. The van der Waals surface area contributed by atoms with Crippen LogP contribution in [0.25, 0.3) is 0 Å². The Morgan fingerprint density at radius 2 is 1.54 bits per heavy atom. The molecule has 0 unspecified atom stereocenters. The summed E-state index contributed by atoms with van der Waals surface area (Å²) in [6, 6.07) is 24.4. The van der Waals surface area contributed by atoms with Gasteiger partial charge in [-0.1, -0.05) is 66.4 Å². The number of hydrogen-bond donors (Lipinski definition) is 3. The van der Waals surface area contributed by atoms with Gasteiger partial charge in [0.15, 0.2) is 5.17 Å². The van der Waals surface area contributed by atoms with Gasteiger partial charge in [0.05, 0.1) is 11.3 Å². The summed E-state index contributed by atoms with van der Waals surface area (Å²) in [5.74, 6) is -0.136.